The molecule has 1 aliphatic heterocycles. The molecule has 0 aliphatic carbocycles. The number of nitrogens with two attached hydrogens (primary N) is 1. The molecule has 2 N–H and O–H groups in total. The van der Waals surface area contributed by atoms with Crippen molar-refractivity contribution in [2.75, 3.05) is 23.8 Å². The van der Waals surface area contributed by atoms with E-state index in [0.29, 0.717) is 30.2 Å². The molecule has 0 spiro atoms. The molecule has 1 aromatic carbocycles. The summed E-state index contributed by atoms with van der Waals surface area (Å²) < 4.78 is 31.2. The summed E-state index contributed by atoms with van der Waals surface area (Å²) in [6, 6.07) is 5.48. The summed E-state index contributed by atoms with van der Waals surface area (Å²) in [5, 5.41) is 0. The Morgan fingerprint density at radius 3 is 3.00 bits per heavy atom. The Balaban J connectivity index is 2.10. The van der Waals surface area contributed by atoms with Crippen LogP contribution in [0, 0.1) is 0 Å². The number of nitrogens with zero attached hydrogens (tertiary/aromatic N) is 2. The number of benzene rings is 1. The van der Waals surface area contributed by atoms with Gasteiger partial charge in [0.15, 0.2) is 9.84 Å². The van der Waals surface area contributed by atoms with Gasteiger partial charge in [-0.25, -0.2) is 13.4 Å². The smallest absolute Gasteiger partial charge is 0.201 e. The topological polar surface area (TPSA) is 87.2 Å². The van der Waals surface area contributed by atoms with Gasteiger partial charge >= 0.3 is 0 Å². The summed E-state index contributed by atoms with van der Waals surface area (Å²) in [4.78, 5) is 4.38. The highest BCUT2D eigenvalue weighted by atomic mass is 32.2. The largest absolute Gasteiger partial charge is 0.492 e. The first kappa shape index (κ1) is 14.2. The second kappa shape index (κ2) is 5.22. The fourth-order valence-corrected chi connectivity index (χ4v) is 4.64. The average Bonchev–Trinajstić information content (AvgIpc) is 2.75. The molecule has 114 valence electrons. The molecular weight excluding hydrogens is 290 g/mol. The summed E-state index contributed by atoms with van der Waals surface area (Å²) in [6.07, 6.45) is 1.46. The zero-order chi connectivity index (χ0) is 15.0. The Kier molecular flexibility index (Phi) is 3.52. The van der Waals surface area contributed by atoms with Gasteiger partial charge < -0.3 is 15.0 Å². The normalized spacial score (nSPS) is 21.5. The van der Waals surface area contributed by atoms with Crippen molar-refractivity contribution in [2.24, 2.45) is 0 Å². The molecule has 0 amide bonds. The minimum Gasteiger partial charge on any atom is -0.492 e. The van der Waals surface area contributed by atoms with E-state index in [4.69, 9.17) is 10.5 Å². The second-order valence-electron chi connectivity index (χ2n) is 5.31. The molecule has 6 nitrogen and oxygen atoms in total. The highest BCUT2D eigenvalue weighted by Gasteiger charge is 2.28. The third kappa shape index (κ3) is 2.57. The Bertz CT molecular complexity index is 767. The molecule has 3 rings (SSSR count). The first-order chi connectivity index (χ1) is 10.0. The van der Waals surface area contributed by atoms with Crippen LogP contribution in [0.2, 0.25) is 0 Å². The van der Waals surface area contributed by atoms with Gasteiger partial charge in [0.2, 0.25) is 5.95 Å². The third-order valence-electron chi connectivity index (χ3n) is 3.81. The van der Waals surface area contributed by atoms with Crippen molar-refractivity contribution in [3.05, 3.63) is 18.2 Å². The molecule has 1 saturated heterocycles. The molecule has 0 bridgehead atoms. The molecule has 0 saturated carbocycles. The van der Waals surface area contributed by atoms with E-state index in [2.05, 4.69) is 4.98 Å². The first-order valence-electron chi connectivity index (χ1n) is 7.11. The summed E-state index contributed by atoms with van der Waals surface area (Å²) in [7, 11) is -3.00. The van der Waals surface area contributed by atoms with Crippen LogP contribution in [0.25, 0.3) is 11.0 Å². The standard InChI is InChI=1S/C14H19N3O3S/c1-2-20-12-7-3-6-11-13(12)16-14(15)17(11)10-5-4-8-21(18,19)9-10/h3,6-7,10H,2,4-5,8-9H2,1H3,(H2,15,16). The summed E-state index contributed by atoms with van der Waals surface area (Å²) in [5.41, 5.74) is 7.57. The van der Waals surface area contributed by atoms with E-state index in [9.17, 15) is 8.42 Å². The highest BCUT2D eigenvalue weighted by molar-refractivity contribution is 7.91. The molecule has 2 aromatic rings. The van der Waals surface area contributed by atoms with Gasteiger partial charge in [0.05, 0.1) is 29.7 Å². The van der Waals surface area contributed by atoms with Crippen LogP contribution >= 0.6 is 0 Å². The summed E-state index contributed by atoms with van der Waals surface area (Å²) >= 11 is 0. The van der Waals surface area contributed by atoms with E-state index in [1.807, 2.05) is 29.7 Å². The Hall–Kier alpha value is -1.76. The Labute approximate surface area is 123 Å². The van der Waals surface area contributed by atoms with Crippen LogP contribution in [0.4, 0.5) is 5.95 Å². The lowest BCUT2D eigenvalue weighted by molar-refractivity contribution is 0.343. The SMILES string of the molecule is CCOc1cccc2c1nc(N)n2C1CCCS(=O)(=O)C1. The molecule has 21 heavy (non-hydrogen) atoms. The van der Waals surface area contributed by atoms with Gasteiger partial charge in [-0.15, -0.1) is 0 Å². The Morgan fingerprint density at radius 2 is 2.29 bits per heavy atom. The van der Waals surface area contributed by atoms with Gasteiger partial charge in [-0.05, 0) is 31.9 Å². The lowest BCUT2D eigenvalue weighted by Crippen LogP contribution is -2.28. The van der Waals surface area contributed by atoms with E-state index >= 15 is 0 Å². The molecule has 2 heterocycles. The number of ether oxygens (including phenoxy) is 1. The fraction of sp³-hybridized carbons (Fsp3) is 0.500. The zero-order valence-corrected chi connectivity index (χ0v) is 12.8. The van der Waals surface area contributed by atoms with Gasteiger partial charge in [0, 0.05) is 0 Å². The van der Waals surface area contributed by atoms with Gasteiger partial charge in [-0.2, -0.15) is 0 Å². The molecule has 1 aromatic heterocycles. The number of aromatic nitrogens is 2. The number of anilines is 1. The van der Waals surface area contributed by atoms with Gasteiger partial charge in [-0.1, -0.05) is 6.07 Å². The number of nitrogen functional groups attached to an aromatic ring is 1. The fourth-order valence-electron chi connectivity index (χ4n) is 2.97. The molecule has 1 aliphatic rings. The first-order valence-corrected chi connectivity index (χ1v) is 8.93. The van der Waals surface area contributed by atoms with Crippen molar-refractivity contribution in [3.8, 4) is 5.75 Å². The molecule has 1 atom stereocenters. The summed E-state index contributed by atoms with van der Waals surface area (Å²) in [6.45, 7) is 2.45. The van der Waals surface area contributed by atoms with Crippen molar-refractivity contribution in [3.63, 3.8) is 0 Å². The van der Waals surface area contributed by atoms with Crippen LogP contribution in [0.3, 0.4) is 0 Å². The van der Waals surface area contributed by atoms with Crippen LogP contribution < -0.4 is 10.5 Å². The van der Waals surface area contributed by atoms with Crippen molar-refractivity contribution < 1.29 is 13.2 Å². The van der Waals surface area contributed by atoms with E-state index in [-0.39, 0.29) is 17.5 Å². The monoisotopic (exact) mass is 309 g/mol. The number of rotatable bonds is 3. The number of imidazole rings is 1. The Morgan fingerprint density at radius 1 is 1.48 bits per heavy atom. The van der Waals surface area contributed by atoms with Gasteiger partial charge in [0.1, 0.15) is 11.3 Å². The van der Waals surface area contributed by atoms with Crippen molar-refractivity contribution >= 4 is 26.8 Å². The average molecular weight is 309 g/mol. The number of sulfone groups is 1. The molecule has 1 unspecified atom stereocenters. The predicted molar refractivity (Wildman–Crippen MR) is 82.2 cm³/mol. The van der Waals surface area contributed by atoms with E-state index in [1.54, 1.807) is 0 Å². The highest BCUT2D eigenvalue weighted by Crippen LogP contribution is 2.33. The van der Waals surface area contributed by atoms with Crippen LogP contribution in [0.5, 0.6) is 5.75 Å². The molecule has 1 fully saturated rings. The maximum Gasteiger partial charge on any atom is 0.201 e. The minimum atomic E-state index is -3.00. The van der Waals surface area contributed by atoms with Crippen LogP contribution in [0.1, 0.15) is 25.8 Å². The second-order valence-corrected chi connectivity index (χ2v) is 7.54. The lowest BCUT2D eigenvalue weighted by atomic mass is 10.1. The van der Waals surface area contributed by atoms with Crippen molar-refractivity contribution in [1.29, 1.82) is 0 Å². The van der Waals surface area contributed by atoms with Gasteiger partial charge in [-0.3, -0.25) is 0 Å². The number of fused-ring (bicyclic) bond motifs is 1. The van der Waals surface area contributed by atoms with E-state index in [1.165, 1.54) is 0 Å². The van der Waals surface area contributed by atoms with Crippen molar-refractivity contribution in [1.82, 2.24) is 9.55 Å². The molecule has 0 radical (unpaired) electrons. The maximum atomic E-state index is 11.9. The van der Waals surface area contributed by atoms with E-state index in [0.717, 1.165) is 11.9 Å². The molecule has 7 heteroatoms. The molecular formula is C14H19N3O3S. The quantitative estimate of drug-likeness (QED) is 0.933. The van der Waals surface area contributed by atoms with Gasteiger partial charge in [0.25, 0.3) is 0 Å². The van der Waals surface area contributed by atoms with E-state index < -0.39 is 9.84 Å². The number of hydrogen-bond donors (Lipinski definition) is 1. The maximum absolute atomic E-state index is 11.9. The minimum absolute atomic E-state index is 0.127. The van der Waals surface area contributed by atoms with Crippen LogP contribution in [-0.4, -0.2) is 36.1 Å². The number of hydrogen-bond acceptors (Lipinski definition) is 5. The van der Waals surface area contributed by atoms with Crippen LogP contribution in [-0.2, 0) is 9.84 Å². The van der Waals surface area contributed by atoms with Crippen molar-refractivity contribution in [2.45, 2.75) is 25.8 Å². The third-order valence-corrected chi connectivity index (χ3v) is 5.62. The summed E-state index contributed by atoms with van der Waals surface area (Å²) in [5.74, 6) is 1.42. The zero-order valence-electron chi connectivity index (χ0n) is 11.9. The predicted octanol–water partition coefficient (Wildman–Crippen LogP) is 1.77. The van der Waals surface area contributed by atoms with Crippen LogP contribution in [0.15, 0.2) is 18.2 Å². The lowest BCUT2D eigenvalue weighted by Gasteiger charge is -2.24. The number of para-hydroxylation sites is 1.